The first-order valence-corrected chi connectivity index (χ1v) is 5.01. The van der Waals surface area contributed by atoms with Crippen LogP contribution in [0.15, 0.2) is 0 Å². The summed E-state index contributed by atoms with van der Waals surface area (Å²) < 4.78 is 0. The third-order valence-corrected chi connectivity index (χ3v) is 0. The Labute approximate surface area is 69.4 Å². The summed E-state index contributed by atoms with van der Waals surface area (Å²) in [6, 6.07) is 0. The number of rotatable bonds is 0. The monoisotopic (exact) mass is 248 g/mol. The van der Waals surface area contributed by atoms with E-state index in [-0.39, 0.29) is 34.0 Å². The summed E-state index contributed by atoms with van der Waals surface area (Å²) in [6.07, 6.45) is 0. The van der Waals surface area contributed by atoms with Crippen molar-refractivity contribution in [2.24, 2.45) is 0 Å². The Morgan fingerprint density at radius 3 is 1.17 bits per heavy atom. The lowest BCUT2D eigenvalue weighted by molar-refractivity contribution is 2.29. The van der Waals surface area contributed by atoms with Crippen LogP contribution in [0.4, 0.5) is 0 Å². The standard InChI is InChI=1S/C2H6P.Al.2BrH/c1-3-2;;;/h1-2H3;;2*1H/q-1;+1;;. The lowest BCUT2D eigenvalue weighted by Crippen LogP contribution is -1.52. The van der Waals surface area contributed by atoms with Gasteiger partial charge in [0.05, 0.1) is 0 Å². The zero-order valence-electron chi connectivity index (χ0n) is 3.84. The molecular formula is C2H8AlBr2P. The molecule has 2 radical (unpaired) electrons. The SMILES string of the molecule is Br.Br.C[P](C)[Al]. The predicted molar refractivity (Wildman–Crippen MR) is 45.2 cm³/mol. The Kier molecular flexibility index (Phi) is 26.2. The van der Waals surface area contributed by atoms with E-state index in [9.17, 15) is 0 Å². The molecule has 0 fully saturated rings. The topological polar surface area (TPSA) is 0 Å². The largest absolute Gasteiger partial charge is 0.207 e. The first kappa shape index (κ1) is 15.7. The van der Waals surface area contributed by atoms with Crippen LogP contribution in [-0.4, -0.2) is 29.2 Å². The Balaban J connectivity index is -0.0000000450. The number of halogens is 2. The van der Waals surface area contributed by atoms with Crippen molar-refractivity contribution in [3.8, 4) is 0 Å². The van der Waals surface area contributed by atoms with Gasteiger partial charge in [0, 0.05) is 0 Å². The molecule has 0 aliphatic rings. The number of hydrogen-bond donors (Lipinski definition) is 0. The van der Waals surface area contributed by atoms with Gasteiger partial charge in [-0.1, -0.05) is 13.3 Å². The minimum absolute atomic E-state index is 0. The molecule has 0 saturated carbocycles. The van der Waals surface area contributed by atoms with Crippen LogP contribution in [0.1, 0.15) is 0 Å². The molecule has 0 aliphatic carbocycles. The van der Waals surface area contributed by atoms with Crippen molar-refractivity contribution in [3.63, 3.8) is 0 Å². The van der Waals surface area contributed by atoms with Gasteiger partial charge in [0.1, 0.15) is 0 Å². The summed E-state index contributed by atoms with van der Waals surface area (Å²) in [6.45, 7) is 4.69. The molecule has 0 nitrogen and oxygen atoms in total. The van der Waals surface area contributed by atoms with Crippen LogP contribution in [0.25, 0.3) is 0 Å². The molecule has 0 saturated heterocycles. The minimum Gasteiger partial charge on any atom is -0.207 e. The fourth-order valence-corrected chi connectivity index (χ4v) is 0. The fraction of sp³-hybridized carbons (Fsp3) is 1.00. The van der Waals surface area contributed by atoms with Gasteiger partial charge in [-0.15, -0.1) is 34.0 Å². The molecule has 0 N–H and O–H groups in total. The maximum absolute atomic E-state index is 2.72. The maximum atomic E-state index is 2.72. The van der Waals surface area contributed by atoms with Gasteiger partial charge in [-0.05, 0) is 0 Å². The van der Waals surface area contributed by atoms with Gasteiger partial charge in [0.2, 0.25) is 0 Å². The highest BCUT2D eigenvalue weighted by atomic mass is 79.9. The van der Waals surface area contributed by atoms with Crippen molar-refractivity contribution >= 4 is 56.4 Å². The van der Waals surface area contributed by atoms with Gasteiger partial charge in [-0.3, -0.25) is 0 Å². The first-order valence-electron chi connectivity index (χ1n) is 1.15. The van der Waals surface area contributed by atoms with Crippen molar-refractivity contribution in [1.82, 2.24) is 0 Å². The van der Waals surface area contributed by atoms with Gasteiger partial charge in [0.15, 0.2) is 15.8 Å². The zero-order valence-corrected chi connectivity index (χ0v) is 9.32. The molecule has 0 aromatic carbocycles. The zero-order chi connectivity index (χ0) is 3.58. The van der Waals surface area contributed by atoms with Gasteiger partial charge in [-0.2, -0.15) is 0 Å². The van der Waals surface area contributed by atoms with E-state index in [0.29, 0.717) is 6.57 Å². The van der Waals surface area contributed by atoms with Crippen molar-refractivity contribution in [2.45, 2.75) is 0 Å². The molecule has 0 bridgehead atoms. The second-order valence-corrected chi connectivity index (χ2v) is 5.99. The summed E-state index contributed by atoms with van der Waals surface area (Å²) in [5.41, 5.74) is 0. The second kappa shape index (κ2) is 10.0. The van der Waals surface area contributed by atoms with E-state index in [2.05, 4.69) is 29.2 Å². The van der Waals surface area contributed by atoms with Crippen molar-refractivity contribution in [3.05, 3.63) is 0 Å². The third-order valence-electron chi connectivity index (χ3n) is 0. The van der Waals surface area contributed by atoms with Crippen LogP contribution in [-0.2, 0) is 0 Å². The minimum atomic E-state index is 0. The highest BCUT2D eigenvalue weighted by Gasteiger charge is 1.65. The molecule has 0 atom stereocenters. The molecule has 38 valence electrons. The van der Waals surface area contributed by atoms with E-state index in [0.717, 1.165) is 0 Å². The highest BCUT2D eigenvalue weighted by Crippen LogP contribution is 2.12. The molecule has 0 unspecified atom stereocenters. The van der Waals surface area contributed by atoms with Gasteiger partial charge in [0.25, 0.3) is 0 Å². The van der Waals surface area contributed by atoms with Crippen LogP contribution < -0.4 is 0 Å². The lowest BCUT2D eigenvalue weighted by Gasteiger charge is -1.83. The van der Waals surface area contributed by atoms with E-state index in [4.69, 9.17) is 0 Å². The third kappa shape index (κ3) is 38.8. The summed E-state index contributed by atoms with van der Waals surface area (Å²) in [5.74, 6) is 0. The van der Waals surface area contributed by atoms with E-state index >= 15 is 0 Å². The Morgan fingerprint density at radius 2 is 1.17 bits per heavy atom. The second-order valence-electron chi connectivity index (χ2n) is 0.964. The summed E-state index contributed by atoms with van der Waals surface area (Å²) >= 11 is 2.72. The molecule has 6 heavy (non-hydrogen) atoms. The fourth-order valence-electron chi connectivity index (χ4n) is 0. The first-order chi connectivity index (χ1) is 1.73. The smallest absolute Gasteiger partial charge is 0.170 e. The molecule has 0 aliphatic heterocycles. The predicted octanol–water partition coefficient (Wildman–Crippen LogP) is 1.97. The molecular weight excluding hydrogens is 242 g/mol. The van der Waals surface area contributed by atoms with E-state index in [1.165, 1.54) is 0 Å². The quantitative estimate of drug-likeness (QED) is 0.455. The van der Waals surface area contributed by atoms with Gasteiger partial charge >= 0.3 is 0 Å². The maximum Gasteiger partial charge on any atom is 0.170 e. The van der Waals surface area contributed by atoms with Crippen LogP contribution >= 0.6 is 40.5 Å². The molecule has 0 aromatic heterocycles. The molecule has 4 heteroatoms. The van der Waals surface area contributed by atoms with E-state index in [1.807, 2.05) is 0 Å². The lowest BCUT2D eigenvalue weighted by atomic mass is 11.9. The van der Waals surface area contributed by atoms with Crippen LogP contribution in [0.5, 0.6) is 0 Å². The summed E-state index contributed by atoms with van der Waals surface area (Å²) in [7, 11) is 0. The van der Waals surface area contributed by atoms with Gasteiger partial charge < -0.3 is 0 Å². The Morgan fingerprint density at radius 1 is 1.17 bits per heavy atom. The number of hydrogen-bond acceptors (Lipinski definition) is 0. The van der Waals surface area contributed by atoms with Crippen molar-refractivity contribution in [2.75, 3.05) is 13.3 Å². The van der Waals surface area contributed by atoms with E-state index < -0.39 is 0 Å². The molecule has 0 heterocycles. The van der Waals surface area contributed by atoms with Crippen LogP contribution in [0.3, 0.4) is 0 Å². The molecule has 0 spiro atoms. The summed E-state index contributed by atoms with van der Waals surface area (Å²) in [4.78, 5) is 0. The van der Waals surface area contributed by atoms with Gasteiger partial charge in [-0.25, -0.2) is 6.57 Å². The molecule has 0 aromatic rings. The van der Waals surface area contributed by atoms with Crippen LogP contribution in [0.2, 0.25) is 0 Å². The van der Waals surface area contributed by atoms with Crippen molar-refractivity contribution < 1.29 is 0 Å². The normalized spacial score (nSPS) is 5.83. The average Bonchev–Trinajstić information content (AvgIpc) is 0.811. The Bertz CT molecular complexity index is 16.3. The van der Waals surface area contributed by atoms with E-state index in [1.54, 1.807) is 0 Å². The van der Waals surface area contributed by atoms with Crippen molar-refractivity contribution in [1.29, 1.82) is 0 Å². The molecule has 0 amide bonds. The highest BCUT2D eigenvalue weighted by molar-refractivity contribution is 8.93. The summed E-state index contributed by atoms with van der Waals surface area (Å²) in [5, 5.41) is 0. The van der Waals surface area contributed by atoms with Crippen LogP contribution in [0, 0.1) is 0 Å². The average molecular weight is 250 g/mol. The Hall–Kier alpha value is 1.92. The molecule has 0 rings (SSSR count).